The van der Waals surface area contributed by atoms with Gasteiger partial charge in [-0.05, 0) is 30.7 Å². The van der Waals surface area contributed by atoms with Gasteiger partial charge in [0.2, 0.25) is 0 Å². The second kappa shape index (κ2) is 7.80. The van der Waals surface area contributed by atoms with Gasteiger partial charge in [-0.1, -0.05) is 43.3 Å². The number of benzene rings is 2. The number of para-hydroxylation sites is 1. The molecule has 1 fully saturated rings. The molecule has 0 bridgehead atoms. The molecule has 27 heavy (non-hydrogen) atoms. The van der Waals surface area contributed by atoms with Crippen molar-refractivity contribution >= 4 is 22.6 Å². The van der Waals surface area contributed by atoms with E-state index in [1.807, 2.05) is 52.0 Å². The molecule has 6 heteroatoms. The number of carbonyl (C=O) groups is 1. The topological polar surface area (TPSA) is 62.2 Å². The molecule has 0 spiro atoms. The second-order valence-electron chi connectivity index (χ2n) is 6.92. The van der Waals surface area contributed by atoms with Crippen molar-refractivity contribution in [2.45, 2.75) is 25.9 Å². The summed E-state index contributed by atoms with van der Waals surface area (Å²) in [6.45, 7) is 5.13. The molecule has 1 saturated heterocycles. The smallest absolute Gasteiger partial charge is 0.321 e. The summed E-state index contributed by atoms with van der Waals surface area (Å²) in [6, 6.07) is 16.2. The van der Waals surface area contributed by atoms with Crippen LogP contribution in [0.4, 0.5) is 10.5 Å². The number of nitrogens with one attached hydrogen (secondary N) is 2. The Hall–Kier alpha value is -2.86. The van der Waals surface area contributed by atoms with Crippen LogP contribution in [0, 0.1) is 0 Å². The first-order chi connectivity index (χ1) is 13.2. The maximum Gasteiger partial charge on any atom is 0.321 e. The van der Waals surface area contributed by atoms with E-state index < -0.39 is 0 Å². The van der Waals surface area contributed by atoms with Gasteiger partial charge in [0.15, 0.2) is 0 Å². The Morgan fingerprint density at radius 3 is 2.85 bits per heavy atom. The average molecular weight is 363 g/mol. The minimum Gasteiger partial charge on any atom is -0.322 e. The molecule has 1 unspecified atom stereocenters. The first-order valence-electron chi connectivity index (χ1n) is 9.53. The minimum absolute atomic E-state index is 0.0434. The Bertz CT molecular complexity index is 902. The Morgan fingerprint density at radius 1 is 1.19 bits per heavy atom. The van der Waals surface area contributed by atoms with Crippen LogP contribution in [-0.2, 0) is 6.54 Å². The Kier molecular flexibility index (Phi) is 5.07. The van der Waals surface area contributed by atoms with Gasteiger partial charge < -0.3 is 15.5 Å². The van der Waals surface area contributed by atoms with Gasteiger partial charge in [0.25, 0.3) is 0 Å². The third-order valence-electron chi connectivity index (χ3n) is 5.08. The summed E-state index contributed by atoms with van der Waals surface area (Å²) in [6.07, 6.45) is 2.99. The van der Waals surface area contributed by atoms with Crippen molar-refractivity contribution in [3.8, 4) is 0 Å². The largest absolute Gasteiger partial charge is 0.322 e. The molecule has 4 rings (SSSR count). The average Bonchev–Trinajstić information content (AvgIpc) is 3.34. The number of nitrogens with zero attached hydrogens (tertiary/aromatic N) is 3. The quantitative estimate of drug-likeness (QED) is 0.728. The van der Waals surface area contributed by atoms with E-state index in [0.29, 0.717) is 6.54 Å². The Morgan fingerprint density at radius 2 is 2.00 bits per heavy atom. The fourth-order valence-electron chi connectivity index (χ4n) is 3.56. The second-order valence-corrected chi connectivity index (χ2v) is 6.92. The lowest BCUT2D eigenvalue weighted by Gasteiger charge is -2.19. The Labute approximate surface area is 159 Å². The highest BCUT2D eigenvalue weighted by Crippen LogP contribution is 2.24. The third-order valence-corrected chi connectivity index (χ3v) is 5.08. The molecule has 6 nitrogen and oxygen atoms in total. The molecule has 0 radical (unpaired) electrons. The van der Waals surface area contributed by atoms with Crippen LogP contribution in [0.2, 0.25) is 0 Å². The number of rotatable bonds is 5. The minimum atomic E-state index is -0.0434. The summed E-state index contributed by atoms with van der Waals surface area (Å²) in [7, 11) is 0. The van der Waals surface area contributed by atoms with Gasteiger partial charge in [-0.3, -0.25) is 4.68 Å². The number of anilines is 1. The number of hydrogen-bond donors (Lipinski definition) is 2. The van der Waals surface area contributed by atoms with E-state index in [1.54, 1.807) is 0 Å². The van der Waals surface area contributed by atoms with E-state index in [-0.39, 0.29) is 12.1 Å². The fourth-order valence-corrected chi connectivity index (χ4v) is 3.56. The zero-order valence-electron chi connectivity index (χ0n) is 15.6. The van der Waals surface area contributed by atoms with Crippen LogP contribution >= 0.6 is 0 Å². The SMILES string of the molecule is CCNCc1ccccc1NC(=O)N1CCC(n2cc3ccccc3n2)C1. The third kappa shape index (κ3) is 3.80. The molecule has 1 aromatic heterocycles. The van der Waals surface area contributed by atoms with Gasteiger partial charge in [0.1, 0.15) is 0 Å². The van der Waals surface area contributed by atoms with Crippen LogP contribution < -0.4 is 10.6 Å². The predicted octanol–water partition coefficient (Wildman–Crippen LogP) is 3.62. The molecule has 2 N–H and O–H groups in total. The van der Waals surface area contributed by atoms with Crippen LogP contribution in [0.25, 0.3) is 10.9 Å². The summed E-state index contributed by atoms with van der Waals surface area (Å²) in [5.41, 5.74) is 2.97. The maximum absolute atomic E-state index is 12.8. The normalized spacial score (nSPS) is 16.8. The maximum atomic E-state index is 12.8. The van der Waals surface area contributed by atoms with E-state index >= 15 is 0 Å². The van der Waals surface area contributed by atoms with Crippen molar-refractivity contribution in [3.63, 3.8) is 0 Å². The fraction of sp³-hybridized carbons (Fsp3) is 0.333. The lowest BCUT2D eigenvalue weighted by molar-refractivity contribution is 0.220. The zero-order chi connectivity index (χ0) is 18.6. The molecule has 1 atom stereocenters. The molecule has 2 amide bonds. The molecule has 0 saturated carbocycles. The number of urea groups is 1. The van der Waals surface area contributed by atoms with Crippen LogP contribution in [0.1, 0.15) is 24.9 Å². The monoisotopic (exact) mass is 363 g/mol. The predicted molar refractivity (Wildman–Crippen MR) is 108 cm³/mol. The van der Waals surface area contributed by atoms with Crippen molar-refractivity contribution in [2.24, 2.45) is 0 Å². The number of likely N-dealkylation sites (tertiary alicyclic amines) is 1. The standard InChI is InChI=1S/C21H25N5O/c1-2-22-13-16-7-3-5-9-19(16)23-21(27)25-12-11-18(15-25)26-14-17-8-4-6-10-20(17)24-26/h3-10,14,18,22H,2,11-13,15H2,1H3,(H,23,27). The van der Waals surface area contributed by atoms with Crippen molar-refractivity contribution in [1.82, 2.24) is 20.0 Å². The van der Waals surface area contributed by atoms with Crippen LogP contribution in [0.15, 0.2) is 54.7 Å². The number of fused-ring (bicyclic) bond motifs is 1. The number of amides is 2. The van der Waals surface area contributed by atoms with Gasteiger partial charge in [-0.2, -0.15) is 5.10 Å². The molecule has 2 heterocycles. The first kappa shape index (κ1) is 17.5. The summed E-state index contributed by atoms with van der Waals surface area (Å²) in [5, 5.41) is 12.2. The van der Waals surface area contributed by atoms with Gasteiger partial charge in [-0.25, -0.2) is 4.79 Å². The molecule has 3 aromatic rings. The van der Waals surface area contributed by atoms with E-state index in [4.69, 9.17) is 0 Å². The van der Waals surface area contributed by atoms with E-state index in [0.717, 1.165) is 48.2 Å². The van der Waals surface area contributed by atoms with Crippen LogP contribution in [-0.4, -0.2) is 40.3 Å². The highest BCUT2D eigenvalue weighted by molar-refractivity contribution is 5.90. The number of aromatic nitrogens is 2. The van der Waals surface area contributed by atoms with Gasteiger partial charge in [0.05, 0.1) is 11.6 Å². The summed E-state index contributed by atoms with van der Waals surface area (Å²) in [5.74, 6) is 0. The molecule has 140 valence electrons. The highest BCUT2D eigenvalue weighted by atomic mass is 16.2. The lowest BCUT2D eigenvalue weighted by atomic mass is 10.2. The van der Waals surface area contributed by atoms with Crippen LogP contribution in [0.5, 0.6) is 0 Å². The van der Waals surface area contributed by atoms with Crippen molar-refractivity contribution in [2.75, 3.05) is 25.0 Å². The van der Waals surface area contributed by atoms with Crippen molar-refractivity contribution in [3.05, 3.63) is 60.3 Å². The lowest BCUT2D eigenvalue weighted by Crippen LogP contribution is -2.33. The molecule has 1 aliphatic rings. The molecular formula is C21H25N5O. The zero-order valence-corrected chi connectivity index (χ0v) is 15.6. The molecule has 2 aromatic carbocycles. The summed E-state index contributed by atoms with van der Waals surface area (Å²) >= 11 is 0. The van der Waals surface area contributed by atoms with E-state index in [1.165, 1.54) is 0 Å². The Balaban J connectivity index is 1.42. The number of hydrogen-bond acceptors (Lipinski definition) is 3. The van der Waals surface area contributed by atoms with E-state index in [2.05, 4.69) is 34.9 Å². The van der Waals surface area contributed by atoms with Crippen molar-refractivity contribution in [1.29, 1.82) is 0 Å². The summed E-state index contributed by atoms with van der Waals surface area (Å²) in [4.78, 5) is 14.6. The highest BCUT2D eigenvalue weighted by Gasteiger charge is 2.28. The van der Waals surface area contributed by atoms with Gasteiger partial charge in [0, 0.05) is 36.9 Å². The molecule has 1 aliphatic heterocycles. The van der Waals surface area contributed by atoms with Gasteiger partial charge in [-0.15, -0.1) is 0 Å². The van der Waals surface area contributed by atoms with Crippen LogP contribution in [0.3, 0.4) is 0 Å². The molecule has 0 aliphatic carbocycles. The van der Waals surface area contributed by atoms with Gasteiger partial charge >= 0.3 is 6.03 Å². The molecular weight excluding hydrogens is 338 g/mol. The van der Waals surface area contributed by atoms with E-state index in [9.17, 15) is 4.79 Å². The number of carbonyl (C=O) groups excluding carboxylic acids is 1. The summed E-state index contributed by atoms with van der Waals surface area (Å²) < 4.78 is 2.01. The van der Waals surface area contributed by atoms with Crippen molar-refractivity contribution < 1.29 is 4.79 Å². The first-order valence-corrected chi connectivity index (χ1v) is 9.53.